The molecule has 4 heteroatoms. The van der Waals surface area contributed by atoms with E-state index >= 15 is 0 Å². The molecule has 2 aromatic heterocycles. The zero-order chi connectivity index (χ0) is 26.6. The van der Waals surface area contributed by atoms with Crippen LogP contribution >= 0.6 is 15.9 Å². The van der Waals surface area contributed by atoms with Gasteiger partial charge in [0, 0.05) is 33.3 Å². The maximum Gasteiger partial charge on any atom is 0.143 e. The molecular weight excluding hydrogens is 556 g/mol. The predicted octanol–water partition coefficient (Wildman–Crippen LogP) is 10.4. The largest absolute Gasteiger partial charge is 0.456 e. The second-order valence-corrected chi connectivity index (χ2v) is 10.7. The van der Waals surface area contributed by atoms with Crippen LogP contribution in [0.3, 0.4) is 0 Å². The summed E-state index contributed by atoms with van der Waals surface area (Å²) in [6.07, 6.45) is 0. The van der Waals surface area contributed by atoms with Crippen LogP contribution in [0.25, 0.3) is 55.0 Å². The highest BCUT2D eigenvalue weighted by atomic mass is 79.9. The molecule has 0 aliphatic rings. The van der Waals surface area contributed by atoms with Gasteiger partial charge in [-0.3, -0.25) is 0 Å². The highest BCUT2D eigenvalue weighted by Gasteiger charge is 2.17. The Hall–Kier alpha value is -4.80. The van der Waals surface area contributed by atoms with Crippen molar-refractivity contribution < 1.29 is 4.74 Å². The van der Waals surface area contributed by atoms with E-state index < -0.39 is 0 Å². The lowest BCUT2D eigenvalue weighted by Crippen LogP contribution is -1.97. The standard InChI is InChI=1S/C36H23BrN2O/c37-36-34(39-32-19-7-3-15-28(32)29-16-4-8-20-33(29)39)21-10-22-35(36)40-25-12-9-11-24(23-25)38-30-17-5-1-13-26(30)27-14-2-6-18-31(27)38/h1-23H. The second-order valence-electron chi connectivity index (χ2n) is 9.93. The fourth-order valence-corrected chi connectivity index (χ4v) is 6.47. The van der Waals surface area contributed by atoms with Gasteiger partial charge in [-0.05, 0) is 64.5 Å². The van der Waals surface area contributed by atoms with Gasteiger partial charge in [-0.15, -0.1) is 0 Å². The first-order valence-electron chi connectivity index (χ1n) is 13.3. The summed E-state index contributed by atoms with van der Waals surface area (Å²) < 4.78 is 12.1. The number of nitrogens with zero attached hydrogens (tertiary/aromatic N) is 2. The van der Waals surface area contributed by atoms with E-state index in [1.165, 1.54) is 32.6 Å². The van der Waals surface area contributed by atoms with Crippen molar-refractivity contribution >= 4 is 59.5 Å². The second kappa shape index (κ2) is 9.15. The topological polar surface area (TPSA) is 19.1 Å². The quantitative estimate of drug-likeness (QED) is 0.203. The molecule has 0 aliphatic heterocycles. The number of aromatic nitrogens is 2. The lowest BCUT2D eigenvalue weighted by Gasteiger charge is -2.15. The average Bonchev–Trinajstić information content (AvgIpc) is 3.52. The Bertz CT molecular complexity index is 2120. The predicted molar refractivity (Wildman–Crippen MR) is 169 cm³/mol. The van der Waals surface area contributed by atoms with Crippen molar-refractivity contribution in [1.29, 1.82) is 0 Å². The number of rotatable bonds is 4. The molecule has 0 bridgehead atoms. The summed E-state index contributed by atoms with van der Waals surface area (Å²) in [7, 11) is 0. The van der Waals surface area contributed by atoms with Crippen LogP contribution in [0.2, 0.25) is 0 Å². The molecule has 0 saturated heterocycles. The molecule has 8 aromatic rings. The van der Waals surface area contributed by atoms with Crippen LogP contribution in [0.15, 0.2) is 144 Å². The van der Waals surface area contributed by atoms with Gasteiger partial charge in [-0.2, -0.15) is 0 Å². The summed E-state index contributed by atoms with van der Waals surface area (Å²) in [6, 6.07) is 48.7. The highest BCUT2D eigenvalue weighted by Crippen LogP contribution is 2.40. The maximum atomic E-state index is 6.56. The first-order valence-corrected chi connectivity index (χ1v) is 14.1. The SMILES string of the molecule is Brc1c(Oc2cccc(-n3c4ccccc4c4ccccc43)c2)cccc1-n1c2ccccc2c2ccccc21. The van der Waals surface area contributed by atoms with Crippen LogP contribution in [0.1, 0.15) is 0 Å². The van der Waals surface area contributed by atoms with Crippen molar-refractivity contribution in [1.82, 2.24) is 9.13 Å². The molecule has 0 fully saturated rings. The summed E-state index contributed by atoms with van der Waals surface area (Å²) in [5.41, 5.74) is 6.77. The van der Waals surface area contributed by atoms with Gasteiger partial charge in [0.1, 0.15) is 11.5 Å². The molecule has 40 heavy (non-hydrogen) atoms. The van der Waals surface area contributed by atoms with Crippen LogP contribution in [0.4, 0.5) is 0 Å². The van der Waals surface area contributed by atoms with E-state index in [9.17, 15) is 0 Å². The Labute approximate surface area is 239 Å². The van der Waals surface area contributed by atoms with E-state index in [1.54, 1.807) is 0 Å². The molecule has 6 aromatic carbocycles. The Morgan fingerprint density at radius 1 is 0.450 bits per heavy atom. The summed E-state index contributed by atoms with van der Waals surface area (Å²) in [5.74, 6) is 1.54. The Balaban J connectivity index is 1.25. The number of halogens is 1. The normalized spacial score (nSPS) is 11.6. The first-order chi connectivity index (χ1) is 19.8. The average molecular weight is 579 g/mol. The first kappa shape index (κ1) is 23.1. The molecule has 2 heterocycles. The van der Waals surface area contributed by atoms with Gasteiger partial charge in [0.2, 0.25) is 0 Å². The van der Waals surface area contributed by atoms with E-state index in [2.05, 4.69) is 152 Å². The van der Waals surface area contributed by atoms with E-state index in [-0.39, 0.29) is 0 Å². The molecule has 3 nitrogen and oxygen atoms in total. The van der Waals surface area contributed by atoms with Crippen LogP contribution < -0.4 is 4.74 Å². The zero-order valence-electron chi connectivity index (χ0n) is 21.5. The molecule has 0 N–H and O–H groups in total. The van der Waals surface area contributed by atoms with Crippen LogP contribution in [0, 0.1) is 0 Å². The van der Waals surface area contributed by atoms with Gasteiger partial charge in [-0.25, -0.2) is 0 Å². The Morgan fingerprint density at radius 2 is 0.925 bits per heavy atom. The van der Waals surface area contributed by atoms with E-state index in [1.807, 2.05) is 12.1 Å². The van der Waals surface area contributed by atoms with Crippen molar-refractivity contribution in [3.05, 3.63) is 144 Å². The summed E-state index contributed by atoms with van der Waals surface area (Å²) in [6.45, 7) is 0. The zero-order valence-corrected chi connectivity index (χ0v) is 23.0. The number of benzene rings is 6. The monoisotopic (exact) mass is 578 g/mol. The molecule has 0 atom stereocenters. The summed E-state index contributed by atoms with van der Waals surface area (Å²) >= 11 is 3.90. The number of fused-ring (bicyclic) bond motifs is 6. The number of hydrogen-bond acceptors (Lipinski definition) is 1. The molecule has 0 amide bonds. The summed E-state index contributed by atoms with van der Waals surface area (Å²) in [4.78, 5) is 0. The fraction of sp³-hybridized carbons (Fsp3) is 0. The van der Waals surface area contributed by atoms with Crippen LogP contribution in [-0.2, 0) is 0 Å². The van der Waals surface area contributed by atoms with Gasteiger partial charge in [0.15, 0.2) is 0 Å². The number of ether oxygens (including phenoxy) is 1. The highest BCUT2D eigenvalue weighted by molar-refractivity contribution is 9.10. The van der Waals surface area contributed by atoms with Gasteiger partial charge in [0.05, 0.1) is 32.2 Å². The van der Waals surface area contributed by atoms with Crippen molar-refractivity contribution in [2.24, 2.45) is 0 Å². The van der Waals surface area contributed by atoms with Crippen molar-refractivity contribution in [2.45, 2.75) is 0 Å². The molecular formula is C36H23BrN2O. The molecule has 0 saturated carbocycles. The number of para-hydroxylation sites is 4. The Morgan fingerprint density at radius 3 is 1.48 bits per heavy atom. The fourth-order valence-electron chi connectivity index (χ4n) is 5.95. The van der Waals surface area contributed by atoms with Crippen molar-refractivity contribution in [3.8, 4) is 22.9 Å². The lowest BCUT2D eigenvalue weighted by atomic mass is 10.2. The van der Waals surface area contributed by atoms with Gasteiger partial charge in [-0.1, -0.05) is 84.9 Å². The Kier molecular flexibility index (Phi) is 5.29. The summed E-state index contributed by atoms with van der Waals surface area (Å²) in [5, 5.41) is 4.95. The minimum absolute atomic E-state index is 0.763. The third-order valence-corrected chi connectivity index (χ3v) is 8.44. The number of hydrogen-bond donors (Lipinski definition) is 0. The van der Waals surface area contributed by atoms with Crippen LogP contribution in [0.5, 0.6) is 11.5 Å². The molecule has 190 valence electrons. The molecule has 0 unspecified atom stereocenters. The van der Waals surface area contributed by atoms with E-state index in [0.717, 1.165) is 38.4 Å². The van der Waals surface area contributed by atoms with Crippen molar-refractivity contribution in [3.63, 3.8) is 0 Å². The van der Waals surface area contributed by atoms with Crippen LogP contribution in [-0.4, -0.2) is 9.13 Å². The van der Waals surface area contributed by atoms with E-state index in [4.69, 9.17) is 4.74 Å². The molecule has 0 radical (unpaired) electrons. The molecule has 8 rings (SSSR count). The molecule has 0 aliphatic carbocycles. The van der Waals surface area contributed by atoms with Gasteiger partial charge < -0.3 is 13.9 Å². The van der Waals surface area contributed by atoms with Crippen molar-refractivity contribution in [2.75, 3.05) is 0 Å². The van der Waals surface area contributed by atoms with E-state index in [0.29, 0.717) is 0 Å². The minimum Gasteiger partial charge on any atom is -0.456 e. The lowest BCUT2D eigenvalue weighted by molar-refractivity contribution is 0.479. The smallest absolute Gasteiger partial charge is 0.143 e. The molecule has 0 spiro atoms. The van der Waals surface area contributed by atoms with Gasteiger partial charge >= 0.3 is 0 Å². The maximum absolute atomic E-state index is 6.56. The third kappa shape index (κ3) is 3.50. The third-order valence-electron chi connectivity index (χ3n) is 7.65. The van der Waals surface area contributed by atoms with Gasteiger partial charge in [0.25, 0.3) is 0 Å². The minimum atomic E-state index is 0.763.